The third kappa shape index (κ3) is 16.6. The fourth-order valence-electron chi connectivity index (χ4n) is 1.35. The topological polar surface area (TPSA) is 74.7 Å². The zero-order valence-electron chi connectivity index (χ0n) is 12.6. The summed E-state index contributed by atoms with van der Waals surface area (Å²) >= 11 is 0. The number of nitrogens with zero attached hydrogens (tertiary/aromatic N) is 1. The summed E-state index contributed by atoms with van der Waals surface area (Å²) in [5, 5.41) is 8.75. The summed E-state index contributed by atoms with van der Waals surface area (Å²) in [7, 11) is 0. The van der Waals surface area contributed by atoms with Crippen molar-refractivity contribution in [3.05, 3.63) is 0 Å². The first-order chi connectivity index (χ1) is 8.84. The van der Waals surface area contributed by atoms with Gasteiger partial charge in [0.25, 0.3) is 0 Å². The minimum atomic E-state index is -0.781. The molecule has 5 heteroatoms. The number of hydrogen-bond donors (Lipinski definition) is 1. The van der Waals surface area contributed by atoms with E-state index in [0.717, 1.165) is 25.7 Å². The molecule has 19 heavy (non-hydrogen) atoms. The van der Waals surface area contributed by atoms with Crippen LogP contribution in [0.3, 0.4) is 0 Å². The van der Waals surface area contributed by atoms with Crippen LogP contribution < -0.4 is 0 Å². The van der Waals surface area contributed by atoms with E-state index in [-0.39, 0.29) is 18.0 Å². The van der Waals surface area contributed by atoms with E-state index in [1.807, 2.05) is 0 Å². The summed E-state index contributed by atoms with van der Waals surface area (Å²) < 4.78 is 0. The zero-order chi connectivity index (χ0) is 15.3. The normalized spacial score (nSPS) is 9.26. The van der Waals surface area contributed by atoms with Gasteiger partial charge in [0, 0.05) is 13.1 Å². The van der Waals surface area contributed by atoms with Gasteiger partial charge in [-0.25, -0.2) is 4.79 Å². The van der Waals surface area contributed by atoms with E-state index in [4.69, 9.17) is 5.11 Å². The maximum absolute atomic E-state index is 10.6. The molecule has 5 nitrogen and oxygen atoms in total. The van der Waals surface area contributed by atoms with Crippen molar-refractivity contribution in [1.82, 2.24) is 4.90 Å². The molecule has 1 amide bonds. The van der Waals surface area contributed by atoms with Gasteiger partial charge in [-0.3, -0.25) is 9.59 Å². The van der Waals surface area contributed by atoms with Crippen molar-refractivity contribution in [1.29, 1.82) is 0 Å². The van der Waals surface area contributed by atoms with E-state index in [1.54, 1.807) is 0 Å². The first kappa shape index (κ1) is 19.9. The number of ketones is 2. The van der Waals surface area contributed by atoms with Crippen LogP contribution in [0.4, 0.5) is 4.79 Å². The van der Waals surface area contributed by atoms with Gasteiger partial charge in [0.15, 0.2) is 0 Å². The smallest absolute Gasteiger partial charge is 0.407 e. The molecule has 0 bridgehead atoms. The van der Waals surface area contributed by atoms with Gasteiger partial charge in [0.05, 0.1) is 6.42 Å². The first-order valence-corrected chi connectivity index (χ1v) is 6.81. The molecule has 0 spiro atoms. The van der Waals surface area contributed by atoms with Crippen LogP contribution in [0, 0.1) is 0 Å². The van der Waals surface area contributed by atoms with E-state index in [9.17, 15) is 14.4 Å². The highest BCUT2D eigenvalue weighted by Crippen LogP contribution is 1.99. The number of carbonyl (C=O) groups is 3. The van der Waals surface area contributed by atoms with Gasteiger partial charge in [-0.1, -0.05) is 26.7 Å². The third-order valence-electron chi connectivity index (χ3n) is 2.33. The van der Waals surface area contributed by atoms with Crippen molar-refractivity contribution in [2.45, 2.75) is 59.8 Å². The summed E-state index contributed by atoms with van der Waals surface area (Å²) in [4.78, 5) is 32.2. The van der Waals surface area contributed by atoms with Gasteiger partial charge in [-0.2, -0.15) is 0 Å². The molecule has 0 heterocycles. The van der Waals surface area contributed by atoms with E-state index < -0.39 is 6.09 Å². The summed E-state index contributed by atoms with van der Waals surface area (Å²) in [5.41, 5.74) is 0. The monoisotopic (exact) mass is 273 g/mol. The second kappa shape index (κ2) is 13.1. The summed E-state index contributed by atoms with van der Waals surface area (Å²) in [6, 6.07) is 0. The van der Waals surface area contributed by atoms with Crippen molar-refractivity contribution in [2.24, 2.45) is 0 Å². The van der Waals surface area contributed by atoms with Crippen LogP contribution >= 0.6 is 0 Å². The number of carboxylic acid groups (broad SMARTS) is 1. The van der Waals surface area contributed by atoms with Crippen LogP contribution in [0.1, 0.15) is 59.8 Å². The van der Waals surface area contributed by atoms with Crippen LogP contribution in [-0.4, -0.2) is 40.8 Å². The Morgan fingerprint density at radius 1 is 0.895 bits per heavy atom. The Bertz CT molecular complexity index is 257. The van der Waals surface area contributed by atoms with Crippen LogP contribution in [0.25, 0.3) is 0 Å². The molecule has 0 atom stereocenters. The number of unbranched alkanes of at least 4 members (excludes halogenated alkanes) is 2. The number of Topliss-reactive ketones (excluding diaryl/α,β-unsaturated/α-hetero) is 2. The predicted molar refractivity (Wildman–Crippen MR) is 75.4 cm³/mol. The molecule has 0 saturated heterocycles. The quantitative estimate of drug-likeness (QED) is 0.689. The average molecular weight is 273 g/mol. The SMILES string of the molecule is CC(=O)CC(C)=O.CCCCN(CCCC)C(=O)O. The first-order valence-electron chi connectivity index (χ1n) is 6.81. The van der Waals surface area contributed by atoms with Crippen molar-refractivity contribution in [3.8, 4) is 0 Å². The van der Waals surface area contributed by atoms with Crippen molar-refractivity contribution in [2.75, 3.05) is 13.1 Å². The molecule has 112 valence electrons. The largest absolute Gasteiger partial charge is 0.465 e. The Morgan fingerprint density at radius 2 is 1.26 bits per heavy atom. The lowest BCUT2D eigenvalue weighted by molar-refractivity contribution is -0.124. The molecule has 0 fully saturated rings. The van der Waals surface area contributed by atoms with Crippen molar-refractivity contribution in [3.63, 3.8) is 0 Å². The van der Waals surface area contributed by atoms with Gasteiger partial charge in [-0.15, -0.1) is 0 Å². The molecule has 0 aliphatic carbocycles. The number of carbonyl (C=O) groups excluding carboxylic acids is 2. The molecule has 0 unspecified atom stereocenters. The highest BCUT2D eigenvalue weighted by molar-refractivity contribution is 5.96. The minimum absolute atomic E-state index is 0.0625. The second-order valence-corrected chi connectivity index (χ2v) is 4.56. The number of rotatable bonds is 8. The van der Waals surface area contributed by atoms with Gasteiger partial charge >= 0.3 is 6.09 Å². The molecule has 0 aromatic carbocycles. The highest BCUT2D eigenvalue weighted by atomic mass is 16.4. The Hall–Kier alpha value is -1.39. The molecule has 0 rings (SSSR count). The zero-order valence-corrected chi connectivity index (χ0v) is 12.6. The van der Waals surface area contributed by atoms with Gasteiger partial charge in [0.1, 0.15) is 11.6 Å². The molecule has 0 aliphatic rings. The molecule has 0 aromatic rings. The molecular weight excluding hydrogens is 246 g/mol. The van der Waals surface area contributed by atoms with Gasteiger partial charge in [-0.05, 0) is 26.7 Å². The Kier molecular flexibility index (Phi) is 13.7. The van der Waals surface area contributed by atoms with Crippen molar-refractivity contribution < 1.29 is 19.5 Å². The van der Waals surface area contributed by atoms with Crippen molar-refractivity contribution >= 4 is 17.7 Å². The maximum Gasteiger partial charge on any atom is 0.407 e. The number of amides is 1. The molecule has 1 N–H and O–H groups in total. The molecule has 0 aromatic heterocycles. The van der Waals surface area contributed by atoms with E-state index in [0.29, 0.717) is 13.1 Å². The second-order valence-electron chi connectivity index (χ2n) is 4.56. The highest BCUT2D eigenvalue weighted by Gasteiger charge is 2.08. The Morgan fingerprint density at radius 3 is 1.42 bits per heavy atom. The Labute approximate surface area is 116 Å². The summed E-state index contributed by atoms with van der Waals surface area (Å²) in [6.07, 6.45) is 3.34. The Balaban J connectivity index is 0. The van der Waals surface area contributed by atoms with Crippen LogP contribution in [-0.2, 0) is 9.59 Å². The molecule has 0 aliphatic heterocycles. The molecule has 0 radical (unpaired) electrons. The predicted octanol–water partition coefficient (Wildman–Crippen LogP) is 3.12. The molecular formula is C14H27NO4. The summed E-state index contributed by atoms with van der Waals surface area (Å²) in [6.45, 7) is 8.32. The van der Waals surface area contributed by atoms with Gasteiger partial charge < -0.3 is 10.0 Å². The number of hydrogen-bond acceptors (Lipinski definition) is 3. The molecule has 0 saturated carbocycles. The third-order valence-corrected chi connectivity index (χ3v) is 2.33. The fraction of sp³-hybridized carbons (Fsp3) is 0.786. The van der Waals surface area contributed by atoms with Gasteiger partial charge in [0.2, 0.25) is 0 Å². The average Bonchev–Trinajstić information content (AvgIpc) is 2.27. The van der Waals surface area contributed by atoms with Crippen LogP contribution in [0.15, 0.2) is 0 Å². The maximum atomic E-state index is 10.6. The van der Waals surface area contributed by atoms with E-state index in [2.05, 4.69) is 13.8 Å². The van der Waals surface area contributed by atoms with Crippen LogP contribution in [0.5, 0.6) is 0 Å². The van der Waals surface area contributed by atoms with Crippen LogP contribution in [0.2, 0.25) is 0 Å². The minimum Gasteiger partial charge on any atom is -0.465 e. The lowest BCUT2D eigenvalue weighted by atomic mass is 10.2. The lowest BCUT2D eigenvalue weighted by Crippen LogP contribution is -2.31. The van der Waals surface area contributed by atoms with E-state index >= 15 is 0 Å². The lowest BCUT2D eigenvalue weighted by Gasteiger charge is -2.17. The standard InChI is InChI=1S/C9H19NO2.C5H8O2/c1-3-5-7-10(9(11)12)8-6-4-2;1-4(6)3-5(2)7/h3-8H2,1-2H3,(H,11,12);3H2,1-2H3. The fourth-order valence-corrected chi connectivity index (χ4v) is 1.35. The van der Waals surface area contributed by atoms with E-state index in [1.165, 1.54) is 18.7 Å². The summed E-state index contributed by atoms with van der Waals surface area (Å²) in [5.74, 6) is -0.125.